The predicted molar refractivity (Wildman–Crippen MR) is 76.5 cm³/mol. The van der Waals surface area contributed by atoms with Gasteiger partial charge < -0.3 is 14.4 Å². The molecule has 19 heavy (non-hydrogen) atoms. The summed E-state index contributed by atoms with van der Waals surface area (Å²) in [6.07, 6.45) is 0. The van der Waals surface area contributed by atoms with E-state index < -0.39 is 0 Å². The van der Waals surface area contributed by atoms with Crippen molar-refractivity contribution in [1.82, 2.24) is 4.90 Å². The average Bonchev–Trinajstić information content (AvgIpc) is 2.42. The maximum absolute atomic E-state index is 12.4. The van der Waals surface area contributed by atoms with Crippen molar-refractivity contribution in [1.29, 1.82) is 0 Å². The Morgan fingerprint density at radius 2 is 2.05 bits per heavy atom. The molecule has 106 valence electrons. The highest BCUT2D eigenvalue weighted by molar-refractivity contribution is 6.31. The molecule has 0 aliphatic carbocycles. The van der Waals surface area contributed by atoms with E-state index >= 15 is 0 Å². The molecule has 0 aromatic heterocycles. The second-order valence-electron chi connectivity index (χ2n) is 3.82. The van der Waals surface area contributed by atoms with Crippen molar-refractivity contribution in [3.8, 4) is 5.75 Å². The van der Waals surface area contributed by atoms with Crippen molar-refractivity contribution < 1.29 is 14.3 Å². The summed E-state index contributed by atoms with van der Waals surface area (Å²) in [5, 5.41) is 0.488. The summed E-state index contributed by atoms with van der Waals surface area (Å²) in [4.78, 5) is 14.1. The SMILES string of the molecule is COCCN(CCCl)C(=O)c1cc(Cl)ccc1OC. The first kappa shape index (κ1) is 16.1. The number of halogens is 2. The fourth-order valence-corrected chi connectivity index (χ4v) is 2.01. The molecule has 1 amide bonds. The Labute approximate surface area is 123 Å². The van der Waals surface area contributed by atoms with E-state index in [1.807, 2.05) is 0 Å². The van der Waals surface area contributed by atoms with Crippen LogP contribution < -0.4 is 4.74 Å². The molecule has 0 atom stereocenters. The molecule has 6 heteroatoms. The number of methoxy groups -OCH3 is 2. The molecule has 0 radical (unpaired) electrons. The maximum atomic E-state index is 12.4. The number of hydrogen-bond donors (Lipinski definition) is 0. The molecule has 0 saturated carbocycles. The molecule has 0 N–H and O–H groups in total. The van der Waals surface area contributed by atoms with E-state index in [1.165, 1.54) is 7.11 Å². The Morgan fingerprint density at radius 1 is 1.32 bits per heavy atom. The zero-order valence-electron chi connectivity index (χ0n) is 11.0. The van der Waals surface area contributed by atoms with E-state index in [-0.39, 0.29) is 5.91 Å². The number of hydrogen-bond acceptors (Lipinski definition) is 3. The van der Waals surface area contributed by atoms with Gasteiger partial charge in [-0.2, -0.15) is 0 Å². The van der Waals surface area contributed by atoms with Crippen LogP contribution in [0.3, 0.4) is 0 Å². The molecule has 0 aliphatic rings. The summed E-state index contributed by atoms with van der Waals surface area (Å²) >= 11 is 11.6. The minimum absolute atomic E-state index is 0.169. The van der Waals surface area contributed by atoms with Crippen LogP contribution in [0.25, 0.3) is 0 Å². The Kier molecular flexibility index (Phi) is 6.99. The smallest absolute Gasteiger partial charge is 0.257 e. The van der Waals surface area contributed by atoms with Crippen molar-refractivity contribution in [3.63, 3.8) is 0 Å². The van der Waals surface area contributed by atoms with E-state index in [1.54, 1.807) is 30.2 Å². The molecule has 1 aromatic carbocycles. The predicted octanol–water partition coefficient (Wildman–Crippen LogP) is 2.68. The number of nitrogens with zero attached hydrogens (tertiary/aromatic N) is 1. The molecule has 0 heterocycles. The van der Waals surface area contributed by atoms with Crippen LogP contribution >= 0.6 is 23.2 Å². The van der Waals surface area contributed by atoms with Gasteiger partial charge in [-0.15, -0.1) is 11.6 Å². The van der Waals surface area contributed by atoms with E-state index in [0.29, 0.717) is 41.9 Å². The summed E-state index contributed by atoms with van der Waals surface area (Å²) in [7, 11) is 3.10. The second kappa shape index (κ2) is 8.25. The van der Waals surface area contributed by atoms with Gasteiger partial charge in [-0.3, -0.25) is 4.79 Å². The number of carbonyl (C=O) groups is 1. The van der Waals surface area contributed by atoms with Crippen LogP contribution in [0.5, 0.6) is 5.75 Å². The van der Waals surface area contributed by atoms with Gasteiger partial charge in [0.05, 0.1) is 19.3 Å². The highest BCUT2D eigenvalue weighted by atomic mass is 35.5. The van der Waals surface area contributed by atoms with Crippen LogP contribution in [-0.2, 0) is 4.74 Å². The third kappa shape index (κ3) is 4.56. The largest absolute Gasteiger partial charge is 0.496 e. The van der Waals surface area contributed by atoms with Gasteiger partial charge in [0.1, 0.15) is 5.75 Å². The molecule has 0 aliphatic heterocycles. The molecule has 0 spiro atoms. The maximum Gasteiger partial charge on any atom is 0.257 e. The molecule has 0 unspecified atom stereocenters. The Hall–Kier alpha value is -0.970. The number of carbonyl (C=O) groups excluding carboxylic acids is 1. The Morgan fingerprint density at radius 3 is 2.63 bits per heavy atom. The van der Waals surface area contributed by atoms with Gasteiger partial charge in [-0.1, -0.05) is 11.6 Å². The van der Waals surface area contributed by atoms with Crippen LogP contribution in [0.15, 0.2) is 18.2 Å². The van der Waals surface area contributed by atoms with Crippen molar-refractivity contribution in [2.24, 2.45) is 0 Å². The minimum Gasteiger partial charge on any atom is -0.496 e. The number of ether oxygens (including phenoxy) is 2. The molecule has 0 bridgehead atoms. The first-order chi connectivity index (χ1) is 9.13. The van der Waals surface area contributed by atoms with Crippen LogP contribution in [-0.4, -0.2) is 50.6 Å². The molecule has 1 aromatic rings. The first-order valence-corrected chi connectivity index (χ1v) is 6.73. The third-order valence-corrected chi connectivity index (χ3v) is 3.00. The topological polar surface area (TPSA) is 38.8 Å². The number of alkyl halides is 1. The highest BCUT2D eigenvalue weighted by Crippen LogP contribution is 2.24. The summed E-state index contributed by atoms with van der Waals surface area (Å²) < 4.78 is 10.2. The lowest BCUT2D eigenvalue weighted by Gasteiger charge is -2.22. The van der Waals surface area contributed by atoms with E-state index in [4.69, 9.17) is 32.7 Å². The lowest BCUT2D eigenvalue weighted by Crippen LogP contribution is -2.35. The van der Waals surface area contributed by atoms with E-state index in [2.05, 4.69) is 0 Å². The van der Waals surface area contributed by atoms with Gasteiger partial charge in [0.25, 0.3) is 5.91 Å². The lowest BCUT2D eigenvalue weighted by molar-refractivity contribution is 0.0704. The fraction of sp³-hybridized carbons (Fsp3) is 0.462. The summed E-state index contributed by atoms with van der Waals surface area (Å²) in [5.41, 5.74) is 0.427. The third-order valence-electron chi connectivity index (χ3n) is 2.60. The Bertz CT molecular complexity index is 426. The molecule has 1 rings (SSSR count). The first-order valence-electron chi connectivity index (χ1n) is 5.81. The minimum atomic E-state index is -0.169. The average molecular weight is 306 g/mol. The molecular weight excluding hydrogens is 289 g/mol. The standard InChI is InChI=1S/C13H17Cl2NO3/c1-18-8-7-16(6-5-14)13(17)11-9-10(15)3-4-12(11)19-2/h3-4,9H,5-8H2,1-2H3. The monoisotopic (exact) mass is 305 g/mol. The van der Waals surface area contributed by atoms with Crippen molar-refractivity contribution in [2.75, 3.05) is 39.8 Å². The zero-order chi connectivity index (χ0) is 14.3. The number of amides is 1. The van der Waals surface area contributed by atoms with Gasteiger partial charge in [-0.25, -0.2) is 0 Å². The zero-order valence-corrected chi connectivity index (χ0v) is 12.5. The van der Waals surface area contributed by atoms with Crippen LogP contribution in [0.1, 0.15) is 10.4 Å². The van der Waals surface area contributed by atoms with Crippen molar-refractivity contribution >= 4 is 29.1 Å². The fourth-order valence-electron chi connectivity index (χ4n) is 1.64. The lowest BCUT2D eigenvalue weighted by atomic mass is 10.1. The van der Waals surface area contributed by atoms with Gasteiger partial charge in [0.15, 0.2) is 0 Å². The van der Waals surface area contributed by atoms with Gasteiger partial charge in [-0.05, 0) is 18.2 Å². The van der Waals surface area contributed by atoms with Gasteiger partial charge in [0.2, 0.25) is 0 Å². The normalized spacial score (nSPS) is 10.3. The molecule has 0 fully saturated rings. The quantitative estimate of drug-likeness (QED) is 0.727. The summed E-state index contributed by atoms with van der Waals surface area (Å²) in [6, 6.07) is 4.94. The van der Waals surface area contributed by atoms with Crippen LogP contribution in [0.2, 0.25) is 5.02 Å². The van der Waals surface area contributed by atoms with E-state index in [0.717, 1.165) is 0 Å². The number of rotatable bonds is 7. The van der Waals surface area contributed by atoms with Gasteiger partial charge in [0, 0.05) is 31.1 Å². The number of benzene rings is 1. The van der Waals surface area contributed by atoms with Gasteiger partial charge >= 0.3 is 0 Å². The summed E-state index contributed by atoms with van der Waals surface area (Å²) in [5.74, 6) is 0.682. The van der Waals surface area contributed by atoms with Crippen molar-refractivity contribution in [2.45, 2.75) is 0 Å². The molecule has 0 saturated heterocycles. The van der Waals surface area contributed by atoms with Crippen LogP contribution in [0.4, 0.5) is 0 Å². The molecule has 4 nitrogen and oxygen atoms in total. The van der Waals surface area contributed by atoms with E-state index in [9.17, 15) is 4.79 Å². The highest BCUT2D eigenvalue weighted by Gasteiger charge is 2.19. The van der Waals surface area contributed by atoms with Crippen molar-refractivity contribution in [3.05, 3.63) is 28.8 Å². The Balaban J connectivity index is 2.97. The summed E-state index contributed by atoms with van der Waals surface area (Å²) in [6.45, 7) is 1.36. The van der Waals surface area contributed by atoms with Crippen LogP contribution in [0, 0.1) is 0 Å². The molecular formula is C13H17Cl2NO3. The second-order valence-corrected chi connectivity index (χ2v) is 4.63.